The highest BCUT2D eigenvalue weighted by Gasteiger charge is 2.08. The Bertz CT molecular complexity index is 792. The molecule has 0 bridgehead atoms. The van der Waals surface area contributed by atoms with Crippen molar-refractivity contribution in [3.05, 3.63) is 65.2 Å². The van der Waals surface area contributed by atoms with Crippen LogP contribution in [0.4, 0.5) is 0 Å². The maximum absolute atomic E-state index is 11.9. The molecule has 0 saturated heterocycles. The first-order valence-corrected chi connectivity index (χ1v) is 7.81. The van der Waals surface area contributed by atoms with E-state index in [4.69, 9.17) is 14.2 Å². The molecule has 6 heteroatoms. The molecule has 0 heterocycles. The number of rotatable bonds is 7. The van der Waals surface area contributed by atoms with E-state index in [1.165, 1.54) is 13.2 Å². The van der Waals surface area contributed by atoms with Crippen LogP contribution in [0.15, 0.2) is 48.5 Å². The Kier molecular flexibility index (Phi) is 6.79. The third-order valence-electron chi connectivity index (χ3n) is 3.60. The molecule has 2 rings (SSSR count). The summed E-state index contributed by atoms with van der Waals surface area (Å²) in [6, 6.07) is 11.9. The fourth-order valence-corrected chi connectivity index (χ4v) is 2.20. The Morgan fingerprint density at radius 3 is 2.31 bits per heavy atom. The number of benzene rings is 2. The number of hydrogen-bond donors (Lipinski definition) is 0. The average molecular weight is 356 g/mol. The summed E-state index contributed by atoms with van der Waals surface area (Å²) in [5, 5.41) is 0. The van der Waals surface area contributed by atoms with E-state index in [0.717, 1.165) is 5.56 Å². The highest BCUT2D eigenvalue weighted by atomic mass is 16.5. The van der Waals surface area contributed by atoms with Crippen LogP contribution in [-0.4, -0.2) is 33.3 Å². The van der Waals surface area contributed by atoms with Gasteiger partial charge >= 0.3 is 11.9 Å². The van der Waals surface area contributed by atoms with Crippen LogP contribution >= 0.6 is 0 Å². The van der Waals surface area contributed by atoms with E-state index in [1.54, 1.807) is 62.8 Å². The lowest BCUT2D eigenvalue weighted by Gasteiger charge is -2.10. The molecule has 0 aliphatic heterocycles. The van der Waals surface area contributed by atoms with Gasteiger partial charge in [-0.15, -0.1) is 0 Å². The highest BCUT2D eigenvalue weighted by Crippen LogP contribution is 2.24. The van der Waals surface area contributed by atoms with Crippen LogP contribution < -0.4 is 9.47 Å². The number of ether oxygens (including phenoxy) is 4. The lowest BCUT2D eigenvalue weighted by Crippen LogP contribution is -2.03. The summed E-state index contributed by atoms with van der Waals surface area (Å²) >= 11 is 0. The van der Waals surface area contributed by atoms with Crippen molar-refractivity contribution in [1.82, 2.24) is 0 Å². The van der Waals surface area contributed by atoms with Crippen LogP contribution in [-0.2, 0) is 20.9 Å². The Labute approximate surface area is 151 Å². The maximum Gasteiger partial charge on any atom is 0.337 e. The number of hydrogen-bond acceptors (Lipinski definition) is 6. The highest BCUT2D eigenvalue weighted by molar-refractivity contribution is 5.90. The molecule has 0 radical (unpaired) electrons. The molecule has 136 valence electrons. The minimum atomic E-state index is -0.494. The van der Waals surface area contributed by atoms with E-state index in [2.05, 4.69) is 4.74 Å². The van der Waals surface area contributed by atoms with E-state index in [1.807, 2.05) is 0 Å². The standard InChI is InChI=1S/C20H20O6/c1-23-17-9-10-18(24-2)16(12-17)13-26-19(21)11-6-14-4-7-15(8-5-14)20(22)25-3/h4-12H,13H2,1-3H3/b11-6+. The second-order valence-corrected chi connectivity index (χ2v) is 5.23. The number of methoxy groups -OCH3 is 3. The van der Waals surface area contributed by atoms with Gasteiger partial charge in [-0.05, 0) is 42.0 Å². The number of carbonyl (C=O) groups is 2. The van der Waals surface area contributed by atoms with Crippen LogP contribution in [0.25, 0.3) is 6.08 Å². The second kappa shape index (κ2) is 9.27. The molecule has 2 aromatic rings. The van der Waals surface area contributed by atoms with E-state index >= 15 is 0 Å². The summed E-state index contributed by atoms with van der Waals surface area (Å²) in [6.45, 7) is 0.0603. The quantitative estimate of drug-likeness (QED) is 0.560. The van der Waals surface area contributed by atoms with Crippen molar-refractivity contribution < 1.29 is 28.5 Å². The van der Waals surface area contributed by atoms with Crippen LogP contribution in [0, 0.1) is 0 Å². The van der Waals surface area contributed by atoms with Crippen molar-refractivity contribution in [1.29, 1.82) is 0 Å². The van der Waals surface area contributed by atoms with Crippen molar-refractivity contribution in [2.75, 3.05) is 21.3 Å². The fourth-order valence-electron chi connectivity index (χ4n) is 2.20. The predicted octanol–water partition coefficient (Wildman–Crippen LogP) is 3.25. The summed E-state index contributed by atoms with van der Waals surface area (Å²) in [5.74, 6) is 0.359. The first-order chi connectivity index (χ1) is 12.6. The molecule has 0 unspecified atom stereocenters. The van der Waals surface area contributed by atoms with Crippen LogP contribution in [0.2, 0.25) is 0 Å². The molecule has 0 amide bonds. The Hall–Kier alpha value is -3.28. The smallest absolute Gasteiger partial charge is 0.337 e. The monoisotopic (exact) mass is 356 g/mol. The van der Waals surface area contributed by atoms with Gasteiger partial charge in [-0.1, -0.05) is 12.1 Å². The minimum absolute atomic E-state index is 0.0603. The van der Waals surface area contributed by atoms with Gasteiger partial charge in [-0.2, -0.15) is 0 Å². The lowest BCUT2D eigenvalue weighted by atomic mass is 10.1. The Balaban J connectivity index is 1.96. The molecule has 2 aromatic carbocycles. The van der Waals surface area contributed by atoms with Crippen molar-refractivity contribution in [2.24, 2.45) is 0 Å². The first-order valence-electron chi connectivity index (χ1n) is 7.81. The van der Waals surface area contributed by atoms with Gasteiger partial charge in [0, 0.05) is 11.6 Å². The summed E-state index contributed by atoms with van der Waals surface area (Å²) < 4.78 is 20.3. The van der Waals surface area contributed by atoms with Gasteiger partial charge in [0.05, 0.1) is 26.9 Å². The SMILES string of the molecule is COC(=O)c1ccc(/C=C/C(=O)OCc2cc(OC)ccc2OC)cc1. The third-order valence-corrected chi connectivity index (χ3v) is 3.60. The average Bonchev–Trinajstić information content (AvgIpc) is 2.70. The topological polar surface area (TPSA) is 71.1 Å². The molecule has 0 atom stereocenters. The van der Waals surface area contributed by atoms with Gasteiger partial charge in [0.2, 0.25) is 0 Å². The third kappa shape index (κ3) is 5.11. The van der Waals surface area contributed by atoms with Gasteiger partial charge in [0.1, 0.15) is 18.1 Å². The Morgan fingerprint density at radius 2 is 1.69 bits per heavy atom. The van der Waals surface area contributed by atoms with E-state index in [9.17, 15) is 9.59 Å². The van der Waals surface area contributed by atoms with E-state index < -0.39 is 11.9 Å². The zero-order valence-corrected chi connectivity index (χ0v) is 14.9. The summed E-state index contributed by atoms with van der Waals surface area (Å²) in [5.41, 5.74) is 1.90. The summed E-state index contributed by atoms with van der Waals surface area (Å²) in [6.07, 6.45) is 2.92. The van der Waals surface area contributed by atoms with E-state index in [0.29, 0.717) is 22.6 Å². The molecule has 6 nitrogen and oxygen atoms in total. The molecule has 0 aromatic heterocycles. The van der Waals surface area contributed by atoms with Crippen molar-refractivity contribution >= 4 is 18.0 Å². The van der Waals surface area contributed by atoms with E-state index in [-0.39, 0.29) is 6.61 Å². The molecule has 0 aliphatic rings. The van der Waals surface area contributed by atoms with Crippen molar-refractivity contribution in [3.8, 4) is 11.5 Å². The molecule has 26 heavy (non-hydrogen) atoms. The van der Waals surface area contributed by atoms with Gasteiger partial charge in [-0.25, -0.2) is 9.59 Å². The van der Waals surface area contributed by atoms with Crippen molar-refractivity contribution in [3.63, 3.8) is 0 Å². The van der Waals surface area contributed by atoms with Gasteiger partial charge in [0.25, 0.3) is 0 Å². The summed E-state index contributed by atoms with van der Waals surface area (Å²) in [4.78, 5) is 23.3. The van der Waals surface area contributed by atoms with Crippen LogP contribution in [0.1, 0.15) is 21.5 Å². The molecule has 0 fully saturated rings. The minimum Gasteiger partial charge on any atom is -0.497 e. The number of esters is 2. The zero-order chi connectivity index (χ0) is 18.9. The largest absolute Gasteiger partial charge is 0.497 e. The van der Waals surface area contributed by atoms with Gasteiger partial charge in [0.15, 0.2) is 0 Å². The van der Waals surface area contributed by atoms with Crippen molar-refractivity contribution in [2.45, 2.75) is 6.61 Å². The molecule has 0 aliphatic carbocycles. The lowest BCUT2D eigenvalue weighted by molar-refractivity contribution is -0.138. The number of carbonyl (C=O) groups excluding carboxylic acids is 2. The normalized spacial score (nSPS) is 10.4. The first kappa shape index (κ1) is 19.1. The zero-order valence-electron chi connectivity index (χ0n) is 14.9. The molecule has 0 spiro atoms. The predicted molar refractivity (Wildman–Crippen MR) is 96.2 cm³/mol. The maximum atomic E-state index is 11.9. The molecular formula is C20H20O6. The molecular weight excluding hydrogens is 336 g/mol. The summed E-state index contributed by atoms with van der Waals surface area (Å²) in [7, 11) is 4.43. The molecule has 0 N–H and O–H groups in total. The van der Waals surface area contributed by atoms with Gasteiger partial charge < -0.3 is 18.9 Å². The van der Waals surface area contributed by atoms with Crippen LogP contribution in [0.3, 0.4) is 0 Å². The van der Waals surface area contributed by atoms with Crippen LogP contribution in [0.5, 0.6) is 11.5 Å². The fraction of sp³-hybridized carbons (Fsp3) is 0.200. The van der Waals surface area contributed by atoms with Gasteiger partial charge in [-0.3, -0.25) is 0 Å². The molecule has 0 saturated carbocycles. The second-order valence-electron chi connectivity index (χ2n) is 5.23. The Morgan fingerprint density at radius 1 is 0.962 bits per heavy atom.